The van der Waals surface area contributed by atoms with E-state index in [1.54, 1.807) is 24.3 Å². The molecule has 1 aromatic carbocycles. The molecule has 0 bridgehead atoms. The van der Waals surface area contributed by atoms with E-state index in [0.29, 0.717) is 11.3 Å². The van der Waals surface area contributed by atoms with Crippen molar-refractivity contribution in [2.75, 3.05) is 5.32 Å². The van der Waals surface area contributed by atoms with Crippen LogP contribution >= 0.6 is 0 Å². The van der Waals surface area contributed by atoms with E-state index in [4.69, 9.17) is 5.11 Å². The van der Waals surface area contributed by atoms with Gasteiger partial charge in [-0.3, -0.25) is 4.79 Å². The number of carboxylic acid groups (broad SMARTS) is 1. The van der Waals surface area contributed by atoms with Crippen molar-refractivity contribution in [2.24, 2.45) is 0 Å². The molecule has 2 N–H and O–H groups in total. The van der Waals surface area contributed by atoms with Crippen LogP contribution < -0.4 is 5.32 Å². The number of aliphatic carboxylic acids is 1. The number of hydrogen-bond donors (Lipinski definition) is 2. The largest absolute Gasteiger partial charge is 0.480 e. The minimum Gasteiger partial charge on any atom is -0.480 e. The number of hydrogen-bond acceptors (Lipinski definition) is 3. The van der Waals surface area contributed by atoms with Crippen LogP contribution in [-0.4, -0.2) is 22.9 Å². The number of benzene rings is 1. The summed E-state index contributed by atoms with van der Waals surface area (Å²) in [6.45, 7) is 0. The Kier molecular flexibility index (Phi) is 1.96. The van der Waals surface area contributed by atoms with Crippen molar-refractivity contribution < 1.29 is 14.7 Å². The number of ketones is 1. The molecule has 2 rings (SSSR count). The molecule has 14 heavy (non-hydrogen) atoms. The Morgan fingerprint density at radius 2 is 2.14 bits per heavy atom. The van der Waals surface area contributed by atoms with Crippen LogP contribution in [0.5, 0.6) is 0 Å². The quantitative estimate of drug-likeness (QED) is 0.698. The lowest BCUT2D eigenvalue weighted by molar-refractivity contribution is -0.137. The minimum atomic E-state index is -0.993. The number of para-hydroxylation sites is 1. The summed E-state index contributed by atoms with van der Waals surface area (Å²) in [6, 6.07) is 6.14. The Morgan fingerprint density at radius 1 is 1.43 bits per heavy atom. The highest BCUT2D eigenvalue weighted by atomic mass is 16.4. The third-order valence-corrected chi connectivity index (χ3v) is 2.24. The van der Waals surface area contributed by atoms with Crippen LogP contribution in [-0.2, 0) is 4.79 Å². The molecule has 1 heterocycles. The second kappa shape index (κ2) is 3.14. The number of fused-ring (bicyclic) bond motifs is 1. The predicted molar refractivity (Wildman–Crippen MR) is 50.4 cm³/mol. The molecule has 1 atom stereocenters. The number of carboxylic acids is 1. The summed E-state index contributed by atoms with van der Waals surface area (Å²) in [7, 11) is 0. The van der Waals surface area contributed by atoms with Gasteiger partial charge in [0.1, 0.15) is 6.04 Å². The number of rotatable bonds is 1. The second-order valence-corrected chi connectivity index (χ2v) is 3.21. The van der Waals surface area contributed by atoms with Crippen LogP contribution in [0.2, 0.25) is 0 Å². The molecule has 0 amide bonds. The molecule has 72 valence electrons. The van der Waals surface area contributed by atoms with Gasteiger partial charge in [0.2, 0.25) is 0 Å². The summed E-state index contributed by atoms with van der Waals surface area (Å²) < 4.78 is 0. The van der Waals surface area contributed by atoms with E-state index in [9.17, 15) is 9.59 Å². The van der Waals surface area contributed by atoms with Crippen molar-refractivity contribution in [3.8, 4) is 0 Å². The third kappa shape index (κ3) is 1.35. The average Bonchev–Trinajstić information content (AvgIpc) is 2.17. The fraction of sp³-hybridized carbons (Fsp3) is 0.200. The van der Waals surface area contributed by atoms with Gasteiger partial charge in [-0.05, 0) is 12.1 Å². The summed E-state index contributed by atoms with van der Waals surface area (Å²) in [5.41, 5.74) is 1.18. The van der Waals surface area contributed by atoms with Gasteiger partial charge in [-0.25, -0.2) is 4.79 Å². The van der Waals surface area contributed by atoms with Crippen LogP contribution in [0.4, 0.5) is 5.69 Å². The van der Waals surface area contributed by atoms with Crippen molar-refractivity contribution in [3.63, 3.8) is 0 Å². The third-order valence-electron chi connectivity index (χ3n) is 2.24. The number of carbonyl (C=O) groups excluding carboxylic acids is 1. The van der Waals surface area contributed by atoms with Gasteiger partial charge in [0.25, 0.3) is 0 Å². The zero-order valence-corrected chi connectivity index (χ0v) is 7.36. The van der Waals surface area contributed by atoms with Gasteiger partial charge in [-0.1, -0.05) is 12.1 Å². The lowest BCUT2D eigenvalue weighted by Gasteiger charge is -2.22. The summed E-state index contributed by atoms with van der Waals surface area (Å²) >= 11 is 0. The molecule has 1 aliphatic rings. The van der Waals surface area contributed by atoms with E-state index < -0.39 is 12.0 Å². The second-order valence-electron chi connectivity index (χ2n) is 3.21. The first-order valence-corrected chi connectivity index (χ1v) is 4.30. The van der Waals surface area contributed by atoms with Crippen LogP contribution in [0.3, 0.4) is 0 Å². The van der Waals surface area contributed by atoms with Crippen LogP contribution in [0, 0.1) is 0 Å². The highest BCUT2D eigenvalue weighted by molar-refractivity contribution is 6.06. The van der Waals surface area contributed by atoms with Gasteiger partial charge in [0.05, 0.1) is 0 Å². The molecule has 0 radical (unpaired) electrons. The summed E-state index contributed by atoms with van der Waals surface area (Å²) in [5.74, 6) is -1.11. The average molecular weight is 191 g/mol. The minimum absolute atomic E-state index is 0.0202. The monoisotopic (exact) mass is 191 g/mol. The van der Waals surface area contributed by atoms with Gasteiger partial charge < -0.3 is 10.4 Å². The normalized spacial score (nSPS) is 19.7. The van der Waals surface area contributed by atoms with Crippen molar-refractivity contribution in [1.82, 2.24) is 0 Å². The van der Waals surface area contributed by atoms with E-state index >= 15 is 0 Å². The number of Topliss-reactive ketones (excluding diaryl/α,β-unsaturated/α-hetero) is 1. The van der Waals surface area contributed by atoms with Crippen molar-refractivity contribution in [3.05, 3.63) is 29.8 Å². The summed E-state index contributed by atoms with van der Waals surface area (Å²) in [4.78, 5) is 22.2. The first-order chi connectivity index (χ1) is 6.68. The molecule has 1 aromatic rings. The lowest BCUT2D eigenvalue weighted by Crippen LogP contribution is -2.35. The molecule has 0 fully saturated rings. The topological polar surface area (TPSA) is 66.4 Å². The number of carbonyl (C=O) groups is 2. The molecule has 0 saturated carbocycles. The molecular formula is C10H9NO3. The SMILES string of the molecule is O=C1C[C@@H](C(=O)O)Nc2ccccc21. The van der Waals surface area contributed by atoms with Gasteiger partial charge in [0.15, 0.2) is 5.78 Å². The molecule has 1 aliphatic heterocycles. The Labute approximate surface area is 80.6 Å². The first kappa shape index (κ1) is 8.74. The Morgan fingerprint density at radius 3 is 2.86 bits per heavy atom. The van der Waals surface area contributed by atoms with E-state index in [0.717, 1.165) is 0 Å². The predicted octanol–water partition coefficient (Wildman–Crippen LogP) is 1.14. The molecule has 4 nitrogen and oxygen atoms in total. The maximum absolute atomic E-state index is 11.5. The number of nitrogens with one attached hydrogen (secondary N) is 1. The molecule has 0 saturated heterocycles. The molecule has 0 aliphatic carbocycles. The molecule has 4 heteroatoms. The zero-order valence-electron chi connectivity index (χ0n) is 7.36. The Balaban J connectivity index is 2.38. The van der Waals surface area contributed by atoms with Gasteiger partial charge in [-0.15, -0.1) is 0 Å². The molecule has 0 spiro atoms. The lowest BCUT2D eigenvalue weighted by atomic mass is 9.97. The fourth-order valence-corrected chi connectivity index (χ4v) is 1.54. The maximum Gasteiger partial charge on any atom is 0.326 e. The highest BCUT2D eigenvalue weighted by Crippen LogP contribution is 2.24. The Bertz CT molecular complexity index is 400. The molecule has 0 aromatic heterocycles. The van der Waals surface area contributed by atoms with Crippen molar-refractivity contribution in [1.29, 1.82) is 0 Å². The van der Waals surface area contributed by atoms with Crippen molar-refractivity contribution in [2.45, 2.75) is 12.5 Å². The maximum atomic E-state index is 11.5. The standard InChI is InChI=1S/C10H9NO3/c12-9-5-8(10(13)14)11-7-4-2-1-3-6(7)9/h1-4,8,11H,5H2,(H,13,14)/t8-/m0/s1. The zero-order chi connectivity index (χ0) is 10.1. The fourth-order valence-electron chi connectivity index (χ4n) is 1.54. The Hall–Kier alpha value is -1.84. The number of anilines is 1. The summed E-state index contributed by atoms with van der Waals surface area (Å²) in [6.07, 6.45) is 0.0202. The van der Waals surface area contributed by atoms with E-state index in [-0.39, 0.29) is 12.2 Å². The summed E-state index contributed by atoms with van der Waals surface area (Å²) in [5, 5.41) is 11.6. The smallest absolute Gasteiger partial charge is 0.326 e. The van der Waals surface area contributed by atoms with E-state index in [1.165, 1.54) is 0 Å². The van der Waals surface area contributed by atoms with Crippen LogP contribution in [0.15, 0.2) is 24.3 Å². The van der Waals surface area contributed by atoms with E-state index in [1.807, 2.05) is 0 Å². The van der Waals surface area contributed by atoms with Crippen LogP contribution in [0.25, 0.3) is 0 Å². The highest BCUT2D eigenvalue weighted by Gasteiger charge is 2.28. The van der Waals surface area contributed by atoms with E-state index in [2.05, 4.69) is 5.32 Å². The van der Waals surface area contributed by atoms with Crippen LogP contribution in [0.1, 0.15) is 16.8 Å². The van der Waals surface area contributed by atoms with Gasteiger partial charge in [0, 0.05) is 17.7 Å². The van der Waals surface area contributed by atoms with Crippen molar-refractivity contribution >= 4 is 17.4 Å². The van der Waals surface area contributed by atoms with Gasteiger partial charge in [-0.2, -0.15) is 0 Å². The molecule has 0 unspecified atom stereocenters. The molecular weight excluding hydrogens is 182 g/mol. The first-order valence-electron chi connectivity index (χ1n) is 4.30. The van der Waals surface area contributed by atoms with Gasteiger partial charge >= 0.3 is 5.97 Å².